The zero-order chi connectivity index (χ0) is 12.3. The van der Waals surface area contributed by atoms with E-state index >= 15 is 0 Å². The summed E-state index contributed by atoms with van der Waals surface area (Å²) in [4.78, 5) is 14.3. The van der Waals surface area contributed by atoms with E-state index in [1.165, 1.54) is 24.2 Å². The Balaban J connectivity index is 2.16. The number of rotatable bonds is 4. The lowest BCUT2D eigenvalue weighted by molar-refractivity contribution is -0.385. The van der Waals surface area contributed by atoms with E-state index in [0.29, 0.717) is 15.4 Å². The van der Waals surface area contributed by atoms with Crippen LogP contribution in [0.2, 0.25) is 0 Å². The number of H-pyrrole nitrogens is 1. The van der Waals surface area contributed by atoms with Gasteiger partial charge >= 0.3 is 0 Å². The summed E-state index contributed by atoms with van der Waals surface area (Å²) in [7, 11) is 0. The van der Waals surface area contributed by atoms with Crippen LogP contribution in [0.5, 0.6) is 0 Å². The molecule has 2 aromatic rings. The Morgan fingerprint density at radius 1 is 1.53 bits per heavy atom. The summed E-state index contributed by atoms with van der Waals surface area (Å²) in [6.07, 6.45) is 1.42. The molecule has 0 saturated heterocycles. The molecule has 0 spiro atoms. The first-order chi connectivity index (χ1) is 8.18. The van der Waals surface area contributed by atoms with E-state index in [-0.39, 0.29) is 5.69 Å². The molecule has 8 heteroatoms. The molecule has 0 bridgehead atoms. The van der Waals surface area contributed by atoms with Gasteiger partial charge < -0.3 is 0 Å². The first kappa shape index (κ1) is 12.1. The SMILES string of the molecule is O=[N+]([O-])c1cccc(CSc2ncn[nH]2)c1Br. The quantitative estimate of drug-likeness (QED) is 0.533. The van der Waals surface area contributed by atoms with Gasteiger partial charge in [0.05, 0.1) is 9.40 Å². The maximum absolute atomic E-state index is 10.7. The van der Waals surface area contributed by atoms with Gasteiger partial charge in [-0.05, 0) is 21.5 Å². The molecule has 0 aliphatic heterocycles. The van der Waals surface area contributed by atoms with Crippen LogP contribution in [0.3, 0.4) is 0 Å². The van der Waals surface area contributed by atoms with Crippen LogP contribution in [-0.2, 0) is 5.75 Å². The summed E-state index contributed by atoms with van der Waals surface area (Å²) in [5.41, 5.74) is 0.918. The Morgan fingerprint density at radius 2 is 2.35 bits per heavy atom. The summed E-state index contributed by atoms with van der Waals surface area (Å²) in [5, 5.41) is 17.9. The summed E-state index contributed by atoms with van der Waals surface area (Å²) < 4.78 is 0.511. The Bertz CT molecular complexity index is 532. The molecule has 0 saturated carbocycles. The molecule has 88 valence electrons. The molecule has 1 heterocycles. The lowest BCUT2D eigenvalue weighted by Crippen LogP contribution is -1.92. The highest BCUT2D eigenvalue weighted by Crippen LogP contribution is 2.31. The minimum absolute atomic E-state index is 0.0701. The normalized spacial score (nSPS) is 10.4. The summed E-state index contributed by atoms with van der Waals surface area (Å²) in [5.74, 6) is 0.581. The topological polar surface area (TPSA) is 84.7 Å². The highest BCUT2D eigenvalue weighted by Gasteiger charge is 2.14. The van der Waals surface area contributed by atoms with Gasteiger partial charge in [-0.3, -0.25) is 15.2 Å². The number of nitro groups is 1. The third-order valence-electron chi connectivity index (χ3n) is 2.01. The molecule has 0 unspecified atom stereocenters. The number of hydrogen-bond donors (Lipinski definition) is 1. The molecule has 2 rings (SSSR count). The van der Waals surface area contributed by atoms with Crippen molar-refractivity contribution < 1.29 is 4.92 Å². The number of aromatic amines is 1. The lowest BCUT2D eigenvalue weighted by Gasteiger charge is -2.03. The maximum Gasteiger partial charge on any atom is 0.283 e. The Kier molecular flexibility index (Phi) is 3.75. The number of nitrogens with zero attached hydrogens (tertiary/aromatic N) is 3. The van der Waals surface area contributed by atoms with Crippen LogP contribution in [0.1, 0.15) is 5.56 Å². The highest BCUT2D eigenvalue weighted by molar-refractivity contribution is 9.10. The van der Waals surface area contributed by atoms with Crippen LogP contribution in [0.15, 0.2) is 34.2 Å². The number of halogens is 1. The molecule has 1 N–H and O–H groups in total. The predicted molar refractivity (Wildman–Crippen MR) is 66.7 cm³/mol. The van der Waals surface area contributed by atoms with Crippen molar-refractivity contribution in [3.63, 3.8) is 0 Å². The molecule has 0 amide bonds. The molecule has 1 aromatic carbocycles. The average Bonchev–Trinajstić information content (AvgIpc) is 2.80. The number of thioether (sulfide) groups is 1. The van der Waals surface area contributed by atoms with E-state index < -0.39 is 4.92 Å². The molecule has 0 radical (unpaired) electrons. The van der Waals surface area contributed by atoms with Gasteiger partial charge in [0.2, 0.25) is 0 Å². The van der Waals surface area contributed by atoms with Crippen LogP contribution in [0.25, 0.3) is 0 Å². The van der Waals surface area contributed by atoms with Crippen LogP contribution in [-0.4, -0.2) is 20.1 Å². The summed E-state index contributed by atoms with van der Waals surface area (Å²) in [6, 6.07) is 4.96. The largest absolute Gasteiger partial charge is 0.283 e. The lowest BCUT2D eigenvalue weighted by atomic mass is 10.2. The fourth-order valence-electron chi connectivity index (χ4n) is 1.23. The van der Waals surface area contributed by atoms with Crippen molar-refractivity contribution in [2.24, 2.45) is 0 Å². The predicted octanol–water partition coefficient (Wildman–Crippen LogP) is 2.77. The highest BCUT2D eigenvalue weighted by atomic mass is 79.9. The zero-order valence-electron chi connectivity index (χ0n) is 8.46. The van der Waals surface area contributed by atoms with Gasteiger partial charge in [-0.1, -0.05) is 23.9 Å². The Morgan fingerprint density at radius 3 is 3.00 bits per heavy atom. The fraction of sp³-hybridized carbons (Fsp3) is 0.111. The molecule has 0 atom stereocenters. The zero-order valence-corrected chi connectivity index (χ0v) is 10.9. The second-order valence-corrected chi connectivity index (χ2v) is 4.84. The van der Waals surface area contributed by atoms with Gasteiger partial charge in [-0.25, -0.2) is 4.98 Å². The molecule has 0 fully saturated rings. The second kappa shape index (κ2) is 5.28. The monoisotopic (exact) mass is 314 g/mol. The minimum Gasteiger partial charge on any atom is -0.258 e. The molecule has 17 heavy (non-hydrogen) atoms. The average molecular weight is 315 g/mol. The van der Waals surface area contributed by atoms with E-state index in [9.17, 15) is 10.1 Å². The van der Waals surface area contributed by atoms with Gasteiger partial charge in [0.15, 0.2) is 5.16 Å². The van der Waals surface area contributed by atoms with Crippen LogP contribution < -0.4 is 0 Å². The number of nitro benzene ring substituents is 1. The van der Waals surface area contributed by atoms with E-state index in [1.54, 1.807) is 6.07 Å². The Hall–Kier alpha value is -1.41. The van der Waals surface area contributed by atoms with Crippen molar-refractivity contribution in [2.45, 2.75) is 10.9 Å². The van der Waals surface area contributed by atoms with E-state index in [1.807, 2.05) is 6.07 Å². The van der Waals surface area contributed by atoms with Gasteiger partial charge in [0.25, 0.3) is 5.69 Å². The van der Waals surface area contributed by atoms with Crippen molar-refractivity contribution >= 4 is 33.4 Å². The van der Waals surface area contributed by atoms with Crippen molar-refractivity contribution in [3.8, 4) is 0 Å². The van der Waals surface area contributed by atoms with E-state index in [0.717, 1.165) is 5.56 Å². The first-order valence-electron chi connectivity index (χ1n) is 4.58. The molecular formula is C9H7BrN4O2S. The van der Waals surface area contributed by atoms with Crippen molar-refractivity contribution in [2.75, 3.05) is 0 Å². The maximum atomic E-state index is 10.7. The van der Waals surface area contributed by atoms with Gasteiger partial charge in [-0.15, -0.1) is 0 Å². The molecular weight excluding hydrogens is 308 g/mol. The first-order valence-corrected chi connectivity index (χ1v) is 6.36. The van der Waals surface area contributed by atoms with E-state index in [4.69, 9.17) is 0 Å². The van der Waals surface area contributed by atoms with Crippen molar-refractivity contribution in [1.82, 2.24) is 15.2 Å². The van der Waals surface area contributed by atoms with Crippen molar-refractivity contribution in [1.29, 1.82) is 0 Å². The molecule has 6 nitrogen and oxygen atoms in total. The number of nitrogens with one attached hydrogen (secondary N) is 1. The van der Waals surface area contributed by atoms with Crippen LogP contribution >= 0.6 is 27.7 Å². The second-order valence-electron chi connectivity index (χ2n) is 3.09. The molecule has 0 aliphatic rings. The summed E-state index contributed by atoms with van der Waals surface area (Å²) >= 11 is 4.68. The van der Waals surface area contributed by atoms with Gasteiger partial charge in [0, 0.05) is 11.8 Å². The third-order valence-corrected chi connectivity index (χ3v) is 3.85. The van der Waals surface area contributed by atoms with Gasteiger partial charge in [-0.2, -0.15) is 5.10 Å². The van der Waals surface area contributed by atoms with Gasteiger partial charge in [0.1, 0.15) is 6.33 Å². The number of hydrogen-bond acceptors (Lipinski definition) is 5. The van der Waals surface area contributed by atoms with E-state index in [2.05, 4.69) is 31.1 Å². The molecule has 1 aromatic heterocycles. The standard InChI is InChI=1S/C9H7BrN4O2S/c10-8-6(2-1-3-7(8)14(15)16)4-17-9-11-5-12-13-9/h1-3,5H,4H2,(H,11,12,13). The van der Waals surface area contributed by atoms with Crippen LogP contribution in [0.4, 0.5) is 5.69 Å². The number of benzene rings is 1. The number of aromatic nitrogens is 3. The minimum atomic E-state index is -0.410. The molecule has 0 aliphatic carbocycles. The summed E-state index contributed by atoms with van der Waals surface area (Å²) in [6.45, 7) is 0. The van der Waals surface area contributed by atoms with Crippen molar-refractivity contribution in [3.05, 3.63) is 44.7 Å². The van der Waals surface area contributed by atoms with Crippen LogP contribution in [0, 0.1) is 10.1 Å². The Labute approximate surface area is 109 Å². The fourth-order valence-corrected chi connectivity index (χ4v) is 2.74. The smallest absolute Gasteiger partial charge is 0.258 e. The third kappa shape index (κ3) is 2.83.